The number of carbonyl (C=O) groups excluding carboxylic acids is 1. The van der Waals surface area contributed by atoms with Gasteiger partial charge in [0.2, 0.25) is 5.91 Å². The molecule has 0 atom stereocenters. The summed E-state index contributed by atoms with van der Waals surface area (Å²) in [5, 5.41) is 3.56. The van der Waals surface area contributed by atoms with Crippen LogP contribution in [0.15, 0.2) is 60.8 Å². The van der Waals surface area contributed by atoms with Crippen molar-refractivity contribution in [3.63, 3.8) is 0 Å². The zero-order valence-electron chi connectivity index (χ0n) is 12.5. The first-order valence-electron chi connectivity index (χ1n) is 7.22. The Morgan fingerprint density at radius 3 is 2.67 bits per heavy atom. The molecule has 0 aliphatic heterocycles. The van der Waals surface area contributed by atoms with Gasteiger partial charge in [-0.15, -0.1) is 0 Å². The molecule has 0 saturated heterocycles. The fourth-order valence-corrected chi connectivity index (χ4v) is 2.40. The van der Waals surface area contributed by atoms with E-state index < -0.39 is 11.7 Å². The number of aromatic nitrogens is 1. The number of rotatable bonds is 3. The number of fused-ring (bicyclic) bond motifs is 1. The van der Waals surface area contributed by atoms with Crippen molar-refractivity contribution in [2.75, 3.05) is 5.32 Å². The van der Waals surface area contributed by atoms with Crippen molar-refractivity contribution < 1.29 is 18.0 Å². The number of alkyl halides is 3. The van der Waals surface area contributed by atoms with Gasteiger partial charge in [0.1, 0.15) is 0 Å². The summed E-state index contributed by atoms with van der Waals surface area (Å²) in [5.74, 6) is -0.377. The van der Waals surface area contributed by atoms with Gasteiger partial charge in [-0.2, -0.15) is 13.2 Å². The van der Waals surface area contributed by atoms with Crippen LogP contribution in [-0.2, 0) is 17.4 Å². The van der Waals surface area contributed by atoms with Gasteiger partial charge in [-0.3, -0.25) is 9.78 Å². The van der Waals surface area contributed by atoms with Crippen molar-refractivity contribution in [3.8, 4) is 0 Å². The Balaban J connectivity index is 1.73. The van der Waals surface area contributed by atoms with E-state index in [1.807, 2.05) is 6.07 Å². The van der Waals surface area contributed by atoms with Crippen LogP contribution in [0.25, 0.3) is 10.9 Å². The van der Waals surface area contributed by atoms with Gasteiger partial charge < -0.3 is 5.32 Å². The minimum Gasteiger partial charge on any atom is -0.326 e. The average Bonchev–Trinajstić information content (AvgIpc) is 2.54. The van der Waals surface area contributed by atoms with E-state index in [9.17, 15) is 18.0 Å². The second kappa shape index (κ2) is 6.31. The highest BCUT2D eigenvalue weighted by Crippen LogP contribution is 2.29. The van der Waals surface area contributed by atoms with Gasteiger partial charge in [-0.25, -0.2) is 0 Å². The van der Waals surface area contributed by atoms with Crippen molar-refractivity contribution in [2.24, 2.45) is 0 Å². The molecule has 3 aromatic rings. The van der Waals surface area contributed by atoms with Gasteiger partial charge >= 0.3 is 6.18 Å². The molecule has 0 spiro atoms. The molecule has 2 aromatic carbocycles. The van der Waals surface area contributed by atoms with Crippen LogP contribution in [0.1, 0.15) is 11.1 Å². The van der Waals surface area contributed by atoms with Crippen LogP contribution in [-0.4, -0.2) is 10.9 Å². The molecule has 0 aliphatic carbocycles. The van der Waals surface area contributed by atoms with Crippen LogP contribution in [0.3, 0.4) is 0 Å². The van der Waals surface area contributed by atoms with Gasteiger partial charge in [-0.1, -0.05) is 24.3 Å². The Labute approximate surface area is 136 Å². The topological polar surface area (TPSA) is 42.0 Å². The fraction of sp³-hybridized carbons (Fsp3) is 0.111. The molecule has 6 heteroatoms. The third-order valence-corrected chi connectivity index (χ3v) is 3.51. The number of anilines is 1. The second-order valence-corrected chi connectivity index (χ2v) is 5.33. The zero-order chi connectivity index (χ0) is 17.2. The normalized spacial score (nSPS) is 11.5. The van der Waals surface area contributed by atoms with E-state index in [4.69, 9.17) is 0 Å². The predicted molar refractivity (Wildman–Crippen MR) is 85.5 cm³/mol. The third kappa shape index (κ3) is 3.71. The van der Waals surface area contributed by atoms with Gasteiger partial charge in [0.25, 0.3) is 0 Å². The van der Waals surface area contributed by atoms with Crippen molar-refractivity contribution >= 4 is 22.5 Å². The number of halogens is 3. The number of nitrogens with zero attached hydrogens (tertiary/aromatic N) is 1. The highest BCUT2D eigenvalue weighted by atomic mass is 19.4. The molecule has 24 heavy (non-hydrogen) atoms. The Hall–Kier alpha value is -2.89. The van der Waals surface area contributed by atoms with E-state index in [1.54, 1.807) is 30.5 Å². The first-order valence-corrected chi connectivity index (χ1v) is 7.22. The van der Waals surface area contributed by atoms with Crippen LogP contribution in [0.5, 0.6) is 0 Å². The van der Waals surface area contributed by atoms with Crippen LogP contribution >= 0.6 is 0 Å². The van der Waals surface area contributed by atoms with E-state index in [-0.39, 0.29) is 12.3 Å². The van der Waals surface area contributed by atoms with Crippen molar-refractivity contribution in [1.29, 1.82) is 0 Å². The van der Waals surface area contributed by atoms with Crippen molar-refractivity contribution in [3.05, 3.63) is 71.9 Å². The molecule has 0 aliphatic rings. The number of hydrogen-bond acceptors (Lipinski definition) is 2. The number of benzene rings is 2. The lowest BCUT2D eigenvalue weighted by atomic mass is 10.1. The van der Waals surface area contributed by atoms with Crippen LogP contribution in [0.4, 0.5) is 18.9 Å². The average molecular weight is 330 g/mol. The van der Waals surface area contributed by atoms with Crippen LogP contribution < -0.4 is 5.32 Å². The zero-order valence-corrected chi connectivity index (χ0v) is 12.5. The molecule has 0 fully saturated rings. The SMILES string of the molecule is O=C(Cc1cccc(C(F)(F)F)c1)Nc1ccc2ncccc2c1. The molecule has 3 rings (SSSR count). The van der Waals surface area contributed by atoms with E-state index in [1.165, 1.54) is 12.1 Å². The Bertz CT molecular complexity index is 891. The molecular formula is C18H13F3N2O. The maximum absolute atomic E-state index is 12.7. The lowest BCUT2D eigenvalue weighted by Crippen LogP contribution is -2.15. The maximum atomic E-state index is 12.7. The summed E-state index contributed by atoms with van der Waals surface area (Å²) in [6, 6.07) is 13.7. The highest BCUT2D eigenvalue weighted by molar-refractivity contribution is 5.94. The molecule has 1 amide bonds. The largest absolute Gasteiger partial charge is 0.416 e. The van der Waals surface area contributed by atoms with Crippen molar-refractivity contribution in [2.45, 2.75) is 12.6 Å². The second-order valence-electron chi connectivity index (χ2n) is 5.33. The summed E-state index contributed by atoms with van der Waals surface area (Å²) < 4.78 is 38.1. The summed E-state index contributed by atoms with van der Waals surface area (Å²) in [6.07, 6.45) is -2.87. The Morgan fingerprint density at radius 2 is 1.88 bits per heavy atom. The standard InChI is InChI=1S/C18H13F3N2O/c19-18(20,21)14-5-1-3-12(9-14)10-17(24)23-15-6-7-16-13(11-15)4-2-8-22-16/h1-9,11H,10H2,(H,23,24). The summed E-state index contributed by atoms with van der Waals surface area (Å²) >= 11 is 0. The first kappa shape index (κ1) is 16.0. The first-order chi connectivity index (χ1) is 11.4. The predicted octanol–water partition coefficient (Wildman–Crippen LogP) is 4.43. The smallest absolute Gasteiger partial charge is 0.326 e. The molecule has 1 N–H and O–H groups in total. The molecule has 0 bridgehead atoms. The van der Waals surface area contributed by atoms with E-state index in [0.717, 1.165) is 23.0 Å². The molecule has 1 heterocycles. The number of hydrogen-bond donors (Lipinski definition) is 1. The fourth-order valence-electron chi connectivity index (χ4n) is 2.40. The van der Waals surface area contributed by atoms with E-state index >= 15 is 0 Å². The quantitative estimate of drug-likeness (QED) is 0.772. The van der Waals surface area contributed by atoms with Crippen molar-refractivity contribution in [1.82, 2.24) is 4.98 Å². The van der Waals surface area contributed by atoms with Gasteiger partial charge in [0.15, 0.2) is 0 Å². The summed E-state index contributed by atoms with van der Waals surface area (Å²) in [7, 11) is 0. The molecule has 0 unspecified atom stereocenters. The maximum Gasteiger partial charge on any atom is 0.416 e. The Kier molecular flexibility index (Phi) is 4.20. The van der Waals surface area contributed by atoms with Gasteiger partial charge in [0.05, 0.1) is 17.5 Å². The van der Waals surface area contributed by atoms with Crippen LogP contribution in [0.2, 0.25) is 0 Å². The number of carbonyl (C=O) groups is 1. The molecule has 122 valence electrons. The minimum atomic E-state index is -4.42. The lowest BCUT2D eigenvalue weighted by Gasteiger charge is -2.09. The highest BCUT2D eigenvalue weighted by Gasteiger charge is 2.30. The lowest BCUT2D eigenvalue weighted by molar-refractivity contribution is -0.137. The molecular weight excluding hydrogens is 317 g/mol. The summed E-state index contributed by atoms with van der Waals surface area (Å²) in [6.45, 7) is 0. The van der Waals surface area contributed by atoms with E-state index in [2.05, 4.69) is 10.3 Å². The number of pyridine rings is 1. The third-order valence-electron chi connectivity index (χ3n) is 3.51. The number of amides is 1. The van der Waals surface area contributed by atoms with Gasteiger partial charge in [0, 0.05) is 17.3 Å². The summed E-state index contributed by atoms with van der Waals surface area (Å²) in [5.41, 5.74) is 0.926. The molecule has 1 aromatic heterocycles. The molecule has 0 radical (unpaired) electrons. The number of nitrogens with one attached hydrogen (secondary N) is 1. The van der Waals surface area contributed by atoms with E-state index in [0.29, 0.717) is 11.3 Å². The summed E-state index contributed by atoms with van der Waals surface area (Å²) in [4.78, 5) is 16.3. The molecule has 3 nitrogen and oxygen atoms in total. The minimum absolute atomic E-state index is 0.130. The van der Waals surface area contributed by atoms with Crippen LogP contribution in [0, 0.1) is 0 Å². The monoisotopic (exact) mass is 330 g/mol. The Morgan fingerprint density at radius 1 is 1.04 bits per heavy atom. The molecule has 0 saturated carbocycles. The van der Waals surface area contributed by atoms with Gasteiger partial charge in [-0.05, 0) is 35.9 Å².